The lowest BCUT2D eigenvalue weighted by Gasteiger charge is -2.24. The predicted molar refractivity (Wildman–Crippen MR) is 107 cm³/mol. The van der Waals surface area contributed by atoms with Crippen molar-refractivity contribution in [1.82, 2.24) is 10.2 Å². The van der Waals surface area contributed by atoms with Crippen molar-refractivity contribution in [3.05, 3.63) is 69.4 Å². The molecular formula is C18H12FN3O3S3. The van der Waals surface area contributed by atoms with E-state index < -0.39 is 29.3 Å². The van der Waals surface area contributed by atoms with E-state index in [2.05, 4.69) is 10.2 Å². The van der Waals surface area contributed by atoms with Crippen LogP contribution in [-0.4, -0.2) is 33.3 Å². The summed E-state index contributed by atoms with van der Waals surface area (Å²) in [6.07, 6.45) is 1.81. The van der Waals surface area contributed by atoms with Gasteiger partial charge in [0.25, 0.3) is 5.91 Å². The maximum atomic E-state index is 14.6. The molecule has 1 aromatic carbocycles. The summed E-state index contributed by atoms with van der Waals surface area (Å²) in [5.41, 5.74) is -0.0702. The molecule has 1 N–H and O–H groups in total. The number of thiophene rings is 1. The number of hydrogen-bond donors (Lipinski definition) is 1. The number of nitrogens with zero attached hydrogens (tertiary/aromatic N) is 3. The summed E-state index contributed by atoms with van der Waals surface area (Å²) in [5, 5.41) is 20.4. The number of rotatable bonds is 5. The highest BCUT2D eigenvalue weighted by Crippen LogP contribution is 2.44. The molecule has 1 aliphatic rings. The summed E-state index contributed by atoms with van der Waals surface area (Å²) in [7, 11) is 0. The first-order valence-corrected chi connectivity index (χ1v) is 10.9. The fraction of sp³-hybridized carbons (Fsp3) is 0.111. The van der Waals surface area contributed by atoms with Gasteiger partial charge in [0.1, 0.15) is 11.9 Å². The van der Waals surface area contributed by atoms with Crippen LogP contribution in [0.4, 0.5) is 9.52 Å². The van der Waals surface area contributed by atoms with Gasteiger partial charge in [-0.3, -0.25) is 14.5 Å². The number of aliphatic hydroxyl groups excluding tert-OH is 1. The highest BCUT2D eigenvalue weighted by molar-refractivity contribution is 8.00. The van der Waals surface area contributed by atoms with Gasteiger partial charge in [0.05, 0.1) is 10.5 Å². The van der Waals surface area contributed by atoms with E-state index >= 15 is 0 Å². The Morgan fingerprint density at radius 3 is 2.68 bits per heavy atom. The molecule has 3 heterocycles. The third kappa shape index (κ3) is 3.03. The van der Waals surface area contributed by atoms with Crippen molar-refractivity contribution in [2.75, 3.05) is 11.2 Å². The van der Waals surface area contributed by atoms with Gasteiger partial charge in [-0.2, -0.15) is 0 Å². The third-order valence-corrected chi connectivity index (χ3v) is 6.94. The smallest absolute Gasteiger partial charge is 0.296 e. The standard InChI is InChI=1S/C18H12FN3O3S3/c1-26-18-21-20-17(28-18)22-13(9-5-2-3-6-10(9)19)12(15(24)16(22)25)14(23)11-7-4-8-27-11/h2-8,13,24H,1H3/t13-/m0/s1. The number of carbonyl (C=O) groups excluding carboxylic acids is 2. The van der Waals surface area contributed by atoms with E-state index in [-0.39, 0.29) is 16.3 Å². The van der Waals surface area contributed by atoms with Gasteiger partial charge in [-0.05, 0) is 23.8 Å². The predicted octanol–water partition coefficient (Wildman–Crippen LogP) is 4.24. The molecule has 10 heteroatoms. The van der Waals surface area contributed by atoms with Crippen LogP contribution in [0, 0.1) is 5.82 Å². The molecule has 0 spiro atoms. The Labute approximate surface area is 171 Å². The number of hydrogen-bond acceptors (Lipinski definition) is 8. The molecule has 2 aromatic heterocycles. The Bertz CT molecular complexity index is 1090. The second-order valence-electron chi connectivity index (χ2n) is 5.72. The lowest BCUT2D eigenvalue weighted by atomic mass is 9.95. The minimum Gasteiger partial charge on any atom is -0.503 e. The zero-order valence-corrected chi connectivity index (χ0v) is 16.8. The minimum atomic E-state index is -1.13. The molecule has 0 aliphatic carbocycles. The molecule has 0 bridgehead atoms. The van der Waals surface area contributed by atoms with E-state index in [1.54, 1.807) is 23.6 Å². The van der Waals surface area contributed by atoms with E-state index in [1.807, 2.05) is 6.26 Å². The number of Topliss-reactive ketones (excluding diaryl/α,β-unsaturated/α-hetero) is 1. The van der Waals surface area contributed by atoms with Crippen molar-refractivity contribution >= 4 is 51.3 Å². The molecule has 1 amide bonds. The van der Waals surface area contributed by atoms with Crippen LogP contribution >= 0.6 is 34.4 Å². The fourth-order valence-electron chi connectivity index (χ4n) is 2.95. The number of aromatic nitrogens is 2. The summed E-state index contributed by atoms with van der Waals surface area (Å²) < 4.78 is 15.3. The fourth-order valence-corrected chi connectivity index (χ4v) is 4.91. The van der Waals surface area contributed by atoms with Crippen LogP contribution in [0.1, 0.15) is 21.3 Å². The topological polar surface area (TPSA) is 83.4 Å². The Morgan fingerprint density at radius 1 is 1.25 bits per heavy atom. The first-order chi connectivity index (χ1) is 13.5. The molecule has 142 valence electrons. The number of carbonyl (C=O) groups is 2. The maximum Gasteiger partial charge on any atom is 0.296 e. The van der Waals surface area contributed by atoms with Crippen LogP contribution in [0.2, 0.25) is 0 Å². The summed E-state index contributed by atoms with van der Waals surface area (Å²) in [5.74, 6) is -2.62. The van der Waals surface area contributed by atoms with Crippen molar-refractivity contribution in [1.29, 1.82) is 0 Å². The monoisotopic (exact) mass is 433 g/mol. The highest BCUT2D eigenvalue weighted by Gasteiger charge is 2.47. The van der Waals surface area contributed by atoms with Crippen LogP contribution in [0.15, 0.2) is 57.5 Å². The molecule has 0 fully saturated rings. The van der Waals surface area contributed by atoms with E-state index in [0.29, 0.717) is 9.22 Å². The van der Waals surface area contributed by atoms with Crippen molar-refractivity contribution in [3.63, 3.8) is 0 Å². The Morgan fingerprint density at radius 2 is 2.04 bits per heavy atom. The average Bonchev–Trinajstić information content (AvgIpc) is 3.43. The van der Waals surface area contributed by atoms with Gasteiger partial charge >= 0.3 is 0 Å². The maximum absolute atomic E-state index is 14.6. The zero-order chi connectivity index (χ0) is 19.8. The van der Waals surface area contributed by atoms with Gasteiger partial charge in [0.2, 0.25) is 10.9 Å². The van der Waals surface area contributed by atoms with Gasteiger partial charge in [-0.1, -0.05) is 47.4 Å². The van der Waals surface area contributed by atoms with Gasteiger partial charge in [-0.15, -0.1) is 21.5 Å². The van der Waals surface area contributed by atoms with Crippen LogP contribution in [-0.2, 0) is 4.79 Å². The number of ketones is 1. The molecule has 0 saturated carbocycles. The summed E-state index contributed by atoms with van der Waals surface area (Å²) in [4.78, 5) is 27.4. The molecule has 1 atom stereocenters. The van der Waals surface area contributed by atoms with E-state index in [9.17, 15) is 19.1 Å². The summed E-state index contributed by atoms with van der Waals surface area (Å²) >= 11 is 3.66. The first-order valence-electron chi connectivity index (χ1n) is 7.99. The van der Waals surface area contributed by atoms with Crippen molar-refractivity contribution in [2.45, 2.75) is 10.4 Å². The van der Waals surface area contributed by atoms with E-state index in [4.69, 9.17) is 0 Å². The number of halogens is 1. The lowest BCUT2D eigenvalue weighted by molar-refractivity contribution is -0.117. The highest BCUT2D eigenvalue weighted by atomic mass is 32.2. The molecule has 4 rings (SSSR count). The Hall–Kier alpha value is -2.56. The lowest BCUT2D eigenvalue weighted by Crippen LogP contribution is -2.31. The Balaban J connectivity index is 1.89. The second-order valence-corrected chi connectivity index (χ2v) is 8.68. The average molecular weight is 434 g/mol. The van der Waals surface area contributed by atoms with Gasteiger partial charge in [0.15, 0.2) is 10.1 Å². The van der Waals surface area contributed by atoms with Crippen molar-refractivity contribution < 1.29 is 19.1 Å². The number of aliphatic hydroxyl groups is 1. The van der Waals surface area contributed by atoms with E-state index in [1.165, 1.54) is 41.3 Å². The number of amides is 1. The molecule has 3 aromatic rings. The van der Waals surface area contributed by atoms with Crippen LogP contribution < -0.4 is 4.90 Å². The van der Waals surface area contributed by atoms with Crippen LogP contribution in [0.25, 0.3) is 0 Å². The minimum absolute atomic E-state index is 0.0979. The van der Waals surface area contributed by atoms with E-state index in [0.717, 1.165) is 16.2 Å². The second kappa shape index (κ2) is 7.46. The number of benzene rings is 1. The first kappa shape index (κ1) is 18.8. The summed E-state index contributed by atoms with van der Waals surface area (Å²) in [6.45, 7) is 0. The zero-order valence-electron chi connectivity index (χ0n) is 14.3. The van der Waals surface area contributed by atoms with Gasteiger partial charge in [-0.25, -0.2) is 4.39 Å². The molecule has 0 saturated heterocycles. The summed E-state index contributed by atoms with van der Waals surface area (Å²) in [6, 6.07) is 8.00. The number of anilines is 1. The molecule has 28 heavy (non-hydrogen) atoms. The quantitative estimate of drug-likeness (QED) is 0.368. The SMILES string of the molecule is CSc1nnc(N2C(=O)C(O)=C(C(=O)c3cccs3)[C@@H]2c2ccccc2F)s1. The van der Waals surface area contributed by atoms with Gasteiger partial charge in [0, 0.05) is 5.56 Å². The number of thioether (sulfide) groups is 1. The van der Waals surface area contributed by atoms with Crippen LogP contribution in [0.5, 0.6) is 0 Å². The molecule has 0 radical (unpaired) electrons. The third-order valence-electron chi connectivity index (χ3n) is 4.17. The Kier molecular flexibility index (Phi) is 5.00. The largest absolute Gasteiger partial charge is 0.503 e. The van der Waals surface area contributed by atoms with Crippen molar-refractivity contribution in [2.24, 2.45) is 0 Å². The molecule has 1 aliphatic heterocycles. The normalized spacial score (nSPS) is 16.9. The molecule has 0 unspecified atom stereocenters. The molecule has 6 nitrogen and oxygen atoms in total. The van der Waals surface area contributed by atoms with Gasteiger partial charge < -0.3 is 5.11 Å². The molecular weight excluding hydrogens is 421 g/mol. The van der Waals surface area contributed by atoms with Crippen molar-refractivity contribution in [3.8, 4) is 0 Å². The van der Waals surface area contributed by atoms with Crippen LogP contribution in [0.3, 0.4) is 0 Å².